The van der Waals surface area contributed by atoms with Crippen LogP contribution in [0.5, 0.6) is 5.75 Å². The molecule has 2 atom stereocenters. The van der Waals surface area contributed by atoms with Gasteiger partial charge in [0.2, 0.25) is 0 Å². The Morgan fingerprint density at radius 2 is 1.70 bits per heavy atom. The van der Waals surface area contributed by atoms with Crippen LogP contribution in [-0.2, 0) is 14.6 Å². The fourth-order valence-corrected chi connectivity index (χ4v) is 5.86. The third-order valence-corrected chi connectivity index (χ3v) is 8.05. The number of ether oxygens (including phenoxy) is 1. The van der Waals surface area contributed by atoms with E-state index in [0.717, 1.165) is 36.9 Å². The highest BCUT2D eigenvalue weighted by atomic mass is 35.5. The zero-order chi connectivity index (χ0) is 24.0. The van der Waals surface area contributed by atoms with Gasteiger partial charge in [-0.05, 0) is 88.4 Å². The summed E-state index contributed by atoms with van der Waals surface area (Å²) in [6.07, 6.45) is 5.03. The number of hydrogen-bond acceptors (Lipinski definition) is 5. The second-order valence-corrected chi connectivity index (χ2v) is 12.2. The lowest BCUT2D eigenvalue weighted by Gasteiger charge is -2.41. The van der Waals surface area contributed by atoms with Gasteiger partial charge in [0, 0.05) is 30.1 Å². The number of nitrogens with zero attached hydrogens (tertiary/aromatic N) is 1. The zero-order valence-corrected chi connectivity index (χ0v) is 21.0. The molecular formula is C25H31ClN2O4S. The summed E-state index contributed by atoms with van der Waals surface area (Å²) in [5.74, 6) is 0.337. The van der Waals surface area contributed by atoms with Crippen molar-refractivity contribution in [3.63, 3.8) is 0 Å². The molecular weight excluding hydrogens is 460 g/mol. The first-order valence-electron chi connectivity index (χ1n) is 11.3. The third kappa shape index (κ3) is 5.14. The van der Waals surface area contributed by atoms with Gasteiger partial charge < -0.3 is 15.0 Å². The number of benzene rings is 2. The van der Waals surface area contributed by atoms with Gasteiger partial charge in [-0.25, -0.2) is 8.42 Å². The molecule has 2 saturated heterocycles. The summed E-state index contributed by atoms with van der Waals surface area (Å²) in [5.41, 5.74) is 1.01. The van der Waals surface area contributed by atoms with E-state index in [4.69, 9.17) is 16.3 Å². The summed E-state index contributed by atoms with van der Waals surface area (Å²) in [6, 6.07) is 13.3. The first-order valence-corrected chi connectivity index (χ1v) is 13.6. The number of nitrogens with one attached hydrogen (secondary N) is 1. The summed E-state index contributed by atoms with van der Waals surface area (Å²) >= 11 is 6.29. The monoisotopic (exact) mass is 490 g/mol. The van der Waals surface area contributed by atoms with Crippen LogP contribution in [0, 0.1) is 6.92 Å². The van der Waals surface area contributed by atoms with Crippen LogP contribution >= 0.6 is 11.6 Å². The maximum Gasteiger partial charge on any atom is 0.263 e. The molecule has 1 amide bonds. The van der Waals surface area contributed by atoms with Crippen LogP contribution in [0.3, 0.4) is 0 Å². The van der Waals surface area contributed by atoms with Gasteiger partial charge in [0.1, 0.15) is 5.75 Å². The van der Waals surface area contributed by atoms with Crippen LogP contribution in [0.15, 0.2) is 47.4 Å². The fourth-order valence-electron chi connectivity index (χ4n) is 4.95. The zero-order valence-electron chi connectivity index (χ0n) is 19.5. The van der Waals surface area contributed by atoms with Crippen LogP contribution in [-0.4, -0.2) is 44.3 Å². The Bertz CT molecular complexity index is 1130. The number of carbonyl (C=O) groups is 1. The molecule has 0 radical (unpaired) electrons. The van der Waals surface area contributed by atoms with E-state index in [1.165, 1.54) is 6.26 Å². The number of aryl methyl sites for hydroxylation is 1. The van der Waals surface area contributed by atoms with E-state index in [1.807, 2.05) is 31.2 Å². The number of piperidine rings is 1. The molecule has 8 heteroatoms. The van der Waals surface area contributed by atoms with Crippen molar-refractivity contribution in [2.45, 2.75) is 75.1 Å². The predicted molar refractivity (Wildman–Crippen MR) is 131 cm³/mol. The minimum absolute atomic E-state index is 0.0675. The van der Waals surface area contributed by atoms with Crippen molar-refractivity contribution in [1.82, 2.24) is 5.32 Å². The van der Waals surface area contributed by atoms with E-state index in [1.54, 1.807) is 32.0 Å². The average Bonchev–Trinajstić information content (AvgIpc) is 3.00. The van der Waals surface area contributed by atoms with Gasteiger partial charge in [-0.2, -0.15) is 0 Å². The van der Waals surface area contributed by atoms with E-state index >= 15 is 0 Å². The quantitative estimate of drug-likeness (QED) is 0.644. The maximum absolute atomic E-state index is 13.1. The van der Waals surface area contributed by atoms with Gasteiger partial charge in [0.25, 0.3) is 5.91 Å². The number of fused-ring (bicyclic) bond motifs is 2. The number of amides is 1. The SMILES string of the molecule is Cc1ccc(OC(C)(C)C(=O)NC2CC3CCC(C2)N3c2ccc(S(C)(=O)=O)cc2)c(Cl)c1. The smallest absolute Gasteiger partial charge is 0.263 e. The first kappa shape index (κ1) is 23.9. The molecule has 0 spiro atoms. The molecule has 0 aromatic heterocycles. The van der Waals surface area contributed by atoms with Gasteiger partial charge in [-0.3, -0.25) is 4.79 Å². The van der Waals surface area contributed by atoms with E-state index in [-0.39, 0.29) is 11.9 Å². The molecule has 33 heavy (non-hydrogen) atoms. The van der Waals surface area contributed by atoms with E-state index in [2.05, 4.69) is 10.2 Å². The van der Waals surface area contributed by atoms with Gasteiger partial charge in [0.05, 0.1) is 9.92 Å². The molecule has 2 heterocycles. The number of anilines is 1. The molecule has 178 valence electrons. The van der Waals surface area contributed by atoms with Crippen molar-refractivity contribution >= 4 is 33.0 Å². The summed E-state index contributed by atoms with van der Waals surface area (Å²) in [4.78, 5) is 15.8. The largest absolute Gasteiger partial charge is 0.476 e. The first-order chi connectivity index (χ1) is 15.4. The number of sulfone groups is 1. The second-order valence-electron chi connectivity index (χ2n) is 9.75. The predicted octanol–water partition coefficient (Wildman–Crippen LogP) is 4.53. The highest BCUT2D eigenvalue weighted by Gasteiger charge is 2.42. The van der Waals surface area contributed by atoms with Crippen molar-refractivity contribution in [1.29, 1.82) is 0 Å². The highest BCUT2D eigenvalue weighted by molar-refractivity contribution is 7.90. The minimum Gasteiger partial charge on any atom is -0.476 e. The summed E-state index contributed by atoms with van der Waals surface area (Å²) in [5, 5.41) is 3.69. The lowest BCUT2D eigenvalue weighted by atomic mass is 9.95. The van der Waals surface area contributed by atoms with E-state index in [9.17, 15) is 13.2 Å². The summed E-state index contributed by atoms with van der Waals surface area (Å²) < 4.78 is 29.5. The second kappa shape index (κ2) is 8.84. The van der Waals surface area contributed by atoms with Crippen molar-refractivity contribution in [2.75, 3.05) is 11.2 Å². The van der Waals surface area contributed by atoms with Gasteiger partial charge in [-0.1, -0.05) is 17.7 Å². The molecule has 2 aromatic rings. The fraction of sp³-hybridized carbons (Fsp3) is 0.480. The Morgan fingerprint density at radius 3 is 2.24 bits per heavy atom. The van der Waals surface area contributed by atoms with Crippen molar-refractivity contribution in [3.8, 4) is 5.75 Å². The molecule has 1 N–H and O–H groups in total. The summed E-state index contributed by atoms with van der Waals surface area (Å²) in [6.45, 7) is 5.46. The van der Waals surface area contributed by atoms with Gasteiger partial charge in [0.15, 0.2) is 15.4 Å². The van der Waals surface area contributed by atoms with Crippen LogP contribution in [0.1, 0.15) is 45.1 Å². The number of rotatable bonds is 6. The normalized spacial score (nSPS) is 22.8. The Kier molecular flexibility index (Phi) is 6.40. The molecule has 4 rings (SSSR count). The average molecular weight is 491 g/mol. The van der Waals surface area contributed by atoms with E-state index < -0.39 is 15.4 Å². The standard InChI is InChI=1S/C25H31ClN2O4S/c1-16-5-12-23(22(26)13-16)32-25(2,3)24(29)27-17-14-19-6-7-20(15-17)28(19)18-8-10-21(11-9-18)33(4,30)31/h5,8-13,17,19-20H,6-7,14-15H2,1-4H3,(H,27,29). The number of halogens is 1. The minimum atomic E-state index is -3.21. The molecule has 2 bridgehead atoms. The lowest BCUT2D eigenvalue weighted by molar-refractivity contribution is -0.135. The molecule has 2 aliphatic heterocycles. The van der Waals surface area contributed by atoms with Crippen molar-refractivity contribution in [3.05, 3.63) is 53.1 Å². The van der Waals surface area contributed by atoms with Gasteiger partial charge in [-0.15, -0.1) is 0 Å². The van der Waals surface area contributed by atoms with Crippen molar-refractivity contribution in [2.24, 2.45) is 0 Å². The maximum atomic E-state index is 13.1. The molecule has 2 fully saturated rings. The molecule has 0 aliphatic carbocycles. The number of hydrogen-bond donors (Lipinski definition) is 1. The van der Waals surface area contributed by atoms with Crippen LogP contribution in [0.4, 0.5) is 5.69 Å². The number of carbonyl (C=O) groups excluding carboxylic acids is 1. The van der Waals surface area contributed by atoms with Crippen molar-refractivity contribution < 1.29 is 17.9 Å². The molecule has 2 unspecified atom stereocenters. The Morgan fingerprint density at radius 1 is 1.09 bits per heavy atom. The topological polar surface area (TPSA) is 75.7 Å². The van der Waals surface area contributed by atoms with Crippen LogP contribution in [0.2, 0.25) is 5.02 Å². The highest BCUT2D eigenvalue weighted by Crippen LogP contribution is 2.40. The lowest BCUT2D eigenvalue weighted by Crippen LogP contribution is -2.55. The molecule has 2 aliphatic rings. The van der Waals surface area contributed by atoms with Crippen LogP contribution < -0.4 is 15.0 Å². The molecule has 6 nitrogen and oxygen atoms in total. The van der Waals surface area contributed by atoms with E-state index in [0.29, 0.717) is 27.8 Å². The van der Waals surface area contributed by atoms with Crippen LogP contribution in [0.25, 0.3) is 0 Å². The summed E-state index contributed by atoms with van der Waals surface area (Å²) in [7, 11) is -3.21. The molecule has 2 aromatic carbocycles. The third-order valence-electron chi connectivity index (χ3n) is 6.63. The van der Waals surface area contributed by atoms with Gasteiger partial charge >= 0.3 is 0 Å². The Balaban J connectivity index is 1.41. The molecule has 0 saturated carbocycles. The Hall–Kier alpha value is -2.25. The Labute approximate surface area is 201 Å².